The standard InChI is InChI=1S/C9H12N2O2/c12-6-2-4-9(13)11-8-3-1-5-10-7-8/h1,3,5,7,12H,2,4,6H2,(H,11,13). The molecule has 70 valence electrons. The van der Waals surface area contributed by atoms with Crippen LogP contribution in [0.1, 0.15) is 12.8 Å². The summed E-state index contributed by atoms with van der Waals surface area (Å²) in [6.07, 6.45) is 4.05. The molecule has 0 radical (unpaired) electrons. The monoisotopic (exact) mass is 180 g/mol. The minimum atomic E-state index is -0.0953. The van der Waals surface area contributed by atoms with Gasteiger partial charge in [0.05, 0.1) is 11.9 Å². The van der Waals surface area contributed by atoms with Crippen LogP contribution in [-0.2, 0) is 4.79 Å². The number of anilines is 1. The van der Waals surface area contributed by atoms with Crippen LogP contribution >= 0.6 is 0 Å². The van der Waals surface area contributed by atoms with E-state index in [0.29, 0.717) is 18.5 Å². The number of amides is 1. The molecule has 1 rings (SSSR count). The van der Waals surface area contributed by atoms with Gasteiger partial charge in [0, 0.05) is 19.2 Å². The quantitative estimate of drug-likeness (QED) is 0.720. The van der Waals surface area contributed by atoms with Crippen molar-refractivity contribution < 1.29 is 9.90 Å². The fourth-order valence-corrected chi connectivity index (χ4v) is 0.900. The van der Waals surface area contributed by atoms with E-state index in [1.807, 2.05) is 0 Å². The molecule has 0 aliphatic rings. The van der Waals surface area contributed by atoms with Crippen molar-refractivity contribution in [2.75, 3.05) is 11.9 Å². The number of carbonyl (C=O) groups excluding carboxylic acids is 1. The van der Waals surface area contributed by atoms with Gasteiger partial charge in [-0.1, -0.05) is 0 Å². The van der Waals surface area contributed by atoms with Crippen molar-refractivity contribution in [2.24, 2.45) is 0 Å². The van der Waals surface area contributed by atoms with Gasteiger partial charge in [-0.2, -0.15) is 0 Å². The van der Waals surface area contributed by atoms with E-state index in [0.717, 1.165) is 0 Å². The number of aliphatic hydroxyl groups excluding tert-OH is 1. The van der Waals surface area contributed by atoms with Gasteiger partial charge in [0.25, 0.3) is 0 Å². The third-order valence-electron chi connectivity index (χ3n) is 1.51. The first-order chi connectivity index (χ1) is 6.33. The van der Waals surface area contributed by atoms with Crippen LogP contribution in [0.15, 0.2) is 24.5 Å². The fraction of sp³-hybridized carbons (Fsp3) is 0.333. The molecule has 4 heteroatoms. The van der Waals surface area contributed by atoms with E-state index in [1.54, 1.807) is 24.5 Å². The van der Waals surface area contributed by atoms with Gasteiger partial charge in [0.1, 0.15) is 0 Å². The molecule has 1 heterocycles. The number of pyridine rings is 1. The Bertz CT molecular complexity index is 262. The third kappa shape index (κ3) is 3.66. The summed E-state index contributed by atoms with van der Waals surface area (Å²) in [5.41, 5.74) is 0.686. The van der Waals surface area contributed by atoms with Crippen LogP contribution in [0.3, 0.4) is 0 Å². The molecule has 0 atom stereocenters. The smallest absolute Gasteiger partial charge is 0.224 e. The maximum absolute atomic E-state index is 11.1. The Morgan fingerprint density at radius 2 is 2.46 bits per heavy atom. The van der Waals surface area contributed by atoms with Crippen molar-refractivity contribution >= 4 is 11.6 Å². The summed E-state index contributed by atoms with van der Waals surface area (Å²) in [6.45, 7) is 0.0421. The first kappa shape index (κ1) is 9.67. The molecule has 1 amide bonds. The number of nitrogens with one attached hydrogen (secondary N) is 1. The van der Waals surface area contributed by atoms with Crippen LogP contribution in [0, 0.1) is 0 Å². The second-order valence-corrected chi connectivity index (χ2v) is 2.62. The van der Waals surface area contributed by atoms with Gasteiger partial charge in [-0.05, 0) is 18.6 Å². The largest absolute Gasteiger partial charge is 0.396 e. The SMILES string of the molecule is O=C(CCCO)Nc1cccnc1. The van der Waals surface area contributed by atoms with Gasteiger partial charge >= 0.3 is 0 Å². The predicted molar refractivity (Wildman–Crippen MR) is 49.2 cm³/mol. The third-order valence-corrected chi connectivity index (χ3v) is 1.51. The van der Waals surface area contributed by atoms with Crippen molar-refractivity contribution in [3.8, 4) is 0 Å². The molecule has 0 saturated heterocycles. The summed E-state index contributed by atoms with van der Waals surface area (Å²) in [4.78, 5) is 15.0. The zero-order chi connectivity index (χ0) is 9.52. The molecule has 0 fully saturated rings. The number of nitrogens with zero attached hydrogens (tertiary/aromatic N) is 1. The van der Waals surface area contributed by atoms with Crippen LogP contribution in [-0.4, -0.2) is 22.6 Å². The molecule has 0 bridgehead atoms. The van der Waals surface area contributed by atoms with Crippen molar-refractivity contribution in [1.29, 1.82) is 0 Å². The summed E-state index contributed by atoms with van der Waals surface area (Å²) in [5, 5.41) is 11.2. The second-order valence-electron chi connectivity index (χ2n) is 2.62. The summed E-state index contributed by atoms with van der Waals surface area (Å²) in [7, 11) is 0. The van der Waals surface area contributed by atoms with E-state index in [4.69, 9.17) is 5.11 Å². The van der Waals surface area contributed by atoms with Crippen LogP contribution in [0.2, 0.25) is 0 Å². The Hall–Kier alpha value is -1.42. The average Bonchev–Trinajstić information content (AvgIpc) is 2.16. The van der Waals surface area contributed by atoms with Crippen molar-refractivity contribution in [3.63, 3.8) is 0 Å². The topological polar surface area (TPSA) is 62.2 Å². The van der Waals surface area contributed by atoms with Crippen molar-refractivity contribution in [3.05, 3.63) is 24.5 Å². The summed E-state index contributed by atoms with van der Waals surface area (Å²) in [5.74, 6) is -0.0953. The molecule has 13 heavy (non-hydrogen) atoms. The van der Waals surface area contributed by atoms with Gasteiger partial charge in [0.15, 0.2) is 0 Å². The van der Waals surface area contributed by atoms with E-state index in [2.05, 4.69) is 10.3 Å². The first-order valence-electron chi connectivity index (χ1n) is 4.13. The van der Waals surface area contributed by atoms with Gasteiger partial charge in [-0.25, -0.2) is 0 Å². The summed E-state index contributed by atoms with van der Waals surface area (Å²) < 4.78 is 0. The fourth-order valence-electron chi connectivity index (χ4n) is 0.900. The Labute approximate surface area is 76.6 Å². The summed E-state index contributed by atoms with van der Waals surface area (Å²) in [6, 6.07) is 3.52. The normalized spacial score (nSPS) is 9.62. The number of rotatable bonds is 4. The highest BCUT2D eigenvalue weighted by Gasteiger charge is 2.00. The van der Waals surface area contributed by atoms with Crippen LogP contribution in [0.5, 0.6) is 0 Å². The van der Waals surface area contributed by atoms with Crippen molar-refractivity contribution in [2.45, 2.75) is 12.8 Å². The highest BCUT2D eigenvalue weighted by atomic mass is 16.3. The highest BCUT2D eigenvalue weighted by Crippen LogP contribution is 2.03. The predicted octanol–water partition coefficient (Wildman–Crippen LogP) is 0.793. The molecular weight excluding hydrogens is 168 g/mol. The maximum Gasteiger partial charge on any atom is 0.224 e. The van der Waals surface area contributed by atoms with E-state index in [-0.39, 0.29) is 12.5 Å². The highest BCUT2D eigenvalue weighted by molar-refractivity contribution is 5.90. The molecule has 0 saturated carbocycles. The Morgan fingerprint density at radius 3 is 3.08 bits per heavy atom. The Balaban J connectivity index is 2.37. The lowest BCUT2D eigenvalue weighted by molar-refractivity contribution is -0.116. The van der Waals surface area contributed by atoms with Gasteiger partial charge in [-0.15, -0.1) is 0 Å². The number of aliphatic hydroxyl groups is 1. The van der Waals surface area contributed by atoms with E-state index in [1.165, 1.54) is 0 Å². The maximum atomic E-state index is 11.1. The zero-order valence-corrected chi connectivity index (χ0v) is 7.23. The van der Waals surface area contributed by atoms with E-state index in [9.17, 15) is 4.79 Å². The number of hydrogen-bond acceptors (Lipinski definition) is 3. The molecular formula is C9H12N2O2. The first-order valence-corrected chi connectivity index (χ1v) is 4.13. The van der Waals surface area contributed by atoms with Gasteiger partial charge in [0.2, 0.25) is 5.91 Å². The molecule has 0 unspecified atom stereocenters. The summed E-state index contributed by atoms with van der Waals surface area (Å²) >= 11 is 0. The molecule has 0 aliphatic carbocycles. The number of hydrogen-bond donors (Lipinski definition) is 2. The van der Waals surface area contributed by atoms with Crippen LogP contribution < -0.4 is 5.32 Å². The number of carbonyl (C=O) groups is 1. The molecule has 0 aromatic carbocycles. The zero-order valence-electron chi connectivity index (χ0n) is 7.23. The lowest BCUT2D eigenvalue weighted by Gasteiger charge is -2.02. The molecule has 0 spiro atoms. The Kier molecular flexibility index (Phi) is 3.92. The second kappa shape index (κ2) is 5.27. The molecule has 1 aromatic heterocycles. The minimum Gasteiger partial charge on any atom is -0.396 e. The Morgan fingerprint density at radius 1 is 1.62 bits per heavy atom. The van der Waals surface area contributed by atoms with E-state index >= 15 is 0 Å². The van der Waals surface area contributed by atoms with E-state index < -0.39 is 0 Å². The lowest BCUT2D eigenvalue weighted by Crippen LogP contribution is -2.11. The van der Waals surface area contributed by atoms with Gasteiger partial charge in [-0.3, -0.25) is 9.78 Å². The molecule has 2 N–H and O–H groups in total. The minimum absolute atomic E-state index is 0.0421. The molecule has 0 aliphatic heterocycles. The average molecular weight is 180 g/mol. The van der Waals surface area contributed by atoms with Crippen molar-refractivity contribution in [1.82, 2.24) is 4.98 Å². The van der Waals surface area contributed by atoms with Crippen LogP contribution in [0.25, 0.3) is 0 Å². The lowest BCUT2D eigenvalue weighted by atomic mass is 10.3. The number of aromatic nitrogens is 1. The molecule has 1 aromatic rings. The van der Waals surface area contributed by atoms with Gasteiger partial charge < -0.3 is 10.4 Å². The van der Waals surface area contributed by atoms with Crippen LogP contribution in [0.4, 0.5) is 5.69 Å². The molecule has 4 nitrogen and oxygen atoms in total.